The molecule has 2 aromatic rings. The molecular weight excluding hydrogens is 314 g/mol. The van der Waals surface area contributed by atoms with Crippen molar-refractivity contribution >= 4 is 21.6 Å². The number of sulfonamides is 1. The Kier molecular flexibility index (Phi) is 4.71. The summed E-state index contributed by atoms with van der Waals surface area (Å²) < 4.78 is 27.7. The Morgan fingerprint density at radius 1 is 1.43 bits per heavy atom. The molecule has 1 unspecified atom stereocenters. The number of hydrogen-bond acceptors (Lipinski definition) is 5. The van der Waals surface area contributed by atoms with Gasteiger partial charge in [-0.05, 0) is 29.5 Å². The van der Waals surface area contributed by atoms with E-state index in [0.717, 1.165) is 5.69 Å². The zero-order chi connectivity index (χ0) is 15.5. The Morgan fingerprint density at radius 2 is 2.10 bits per heavy atom. The molecule has 0 fully saturated rings. The quantitative estimate of drug-likeness (QED) is 0.866. The van der Waals surface area contributed by atoms with Gasteiger partial charge in [0.2, 0.25) is 10.0 Å². The van der Waals surface area contributed by atoms with Gasteiger partial charge >= 0.3 is 0 Å². The maximum atomic E-state index is 11.9. The number of para-hydroxylation sites is 1. The van der Waals surface area contributed by atoms with Gasteiger partial charge < -0.3 is 0 Å². The Hall–Kier alpha value is -1.77. The molecule has 2 rings (SSSR count). The number of nitrogens with zero attached hydrogens (tertiary/aromatic N) is 4. The molecule has 1 atom stereocenters. The highest BCUT2D eigenvalue weighted by Gasteiger charge is 2.21. The number of tetrazole rings is 1. The molecule has 0 amide bonds. The fourth-order valence-corrected chi connectivity index (χ4v) is 3.36. The molecule has 1 aromatic carbocycles. The highest BCUT2D eigenvalue weighted by molar-refractivity contribution is 7.89. The van der Waals surface area contributed by atoms with Crippen molar-refractivity contribution in [3.8, 4) is 5.69 Å². The predicted octanol–water partition coefficient (Wildman–Crippen LogP) is 1.40. The summed E-state index contributed by atoms with van der Waals surface area (Å²) >= 11 is 5.54. The summed E-state index contributed by atoms with van der Waals surface area (Å²) in [5.41, 5.74) is 0.741. The number of nitrogens with one attached hydrogen (secondary N) is 1. The molecule has 21 heavy (non-hydrogen) atoms. The normalized spacial score (nSPS) is 13.0. The van der Waals surface area contributed by atoms with Gasteiger partial charge in [-0.25, -0.2) is 13.1 Å². The van der Waals surface area contributed by atoms with E-state index in [1.54, 1.807) is 6.92 Å². The Balaban J connectivity index is 2.24. The van der Waals surface area contributed by atoms with Crippen molar-refractivity contribution in [3.05, 3.63) is 47.8 Å². The van der Waals surface area contributed by atoms with Gasteiger partial charge in [0.1, 0.15) is 0 Å². The van der Waals surface area contributed by atoms with Crippen molar-refractivity contribution in [2.75, 3.05) is 5.75 Å². The predicted molar refractivity (Wildman–Crippen MR) is 79.5 cm³/mol. The number of aromatic nitrogens is 4. The number of benzene rings is 1. The molecule has 1 heterocycles. The molecule has 0 aliphatic rings. The van der Waals surface area contributed by atoms with Crippen LogP contribution >= 0.6 is 11.6 Å². The molecule has 112 valence electrons. The van der Waals surface area contributed by atoms with Gasteiger partial charge in [-0.1, -0.05) is 36.4 Å². The second-order valence-electron chi connectivity index (χ2n) is 4.40. The van der Waals surface area contributed by atoms with Gasteiger partial charge in [-0.2, -0.15) is 4.68 Å². The minimum Gasteiger partial charge on any atom is -0.212 e. The standard InChI is InChI=1S/C12H14ClN5O2S/c1-9(13)8-21(19,20)15-10(2)12-14-16-17-18(12)11-6-4-3-5-7-11/h3-7,10,15H,1,8H2,2H3. The summed E-state index contributed by atoms with van der Waals surface area (Å²) in [6.45, 7) is 5.03. The topological polar surface area (TPSA) is 89.8 Å². The molecule has 1 N–H and O–H groups in total. The third kappa shape index (κ3) is 4.10. The lowest BCUT2D eigenvalue weighted by molar-refractivity contribution is 0.557. The summed E-state index contributed by atoms with van der Waals surface area (Å²) in [5.74, 6) is 0.0242. The van der Waals surface area contributed by atoms with Gasteiger partial charge in [0.05, 0.1) is 17.5 Å². The maximum Gasteiger partial charge on any atom is 0.217 e. The smallest absolute Gasteiger partial charge is 0.212 e. The fraction of sp³-hybridized carbons (Fsp3) is 0.250. The van der Waals surface area contributed by atoms with E-state index >= 15 is 0 Å². The summed E-state index contributed by atoms with van der Waals surface area (Å²) in [4.78, 5) is 0. The number of halogens is 1. The average molecular weight is 328 g/mol. The molecule has 0 saturated carbocycles. The highest BCUT2D eigenvalue weighted by atomic mass is 35.5. The first-order chi connectivity index (χ1) is 9.89. The molecule has 9 heteroatoms. The van der Waals surface area contributed by atoms with Crippen molar-refractivity contribution < 1.29 is 8.42 Å². The van der Waals surface area contributed by atoms with Crippen LogP contribution in [0.4, 0.5) is 0 Å². The van der Waals surface area contributed by atoms with Gasteiger partial charge in [-0.3, -0.25) is 0 Å². The minimum atomic E-state index is -3.60. The van der Waals surface area contributed by atoms with E-state index in [9.17, 15) is 8.42 Å². The molecule has 0 aliphatic carbocycles. The minimum absolute atomic E-state index is 0.0392. The highest BCUT2D eigenvalue weighted by Crippen LogP contribution is 2.15. The lowest BCUT2D eigenvalue weighted by atomic mass is 10.3. The van der Waals surface area contributed by atoms with Crippen LogP contribution in [0.25, 0.3) is 5.69 Å². The van der Waals surface area contributed by atoms with E-state index in [2.05, 4.69) is 26.8 Å². The molecule has 0 spiro atoms. The summed E-state index contributed by atoms with van der Waals surface area (Å²) in [5, 5.41) is 11.4. The summed E-state index contributed by atoms with van der Waals surface area (Å²) in [6, 6.07) is 8.58. The van der Waals surface area contributed by atoms with E-state index < -0.39 is 16.1 Å². The van der Waals surface area contributed by atoms with Crippen molar-refractivity contribution in [1.82, 2.24) is 24.9 Å². The van der Waals surface area contributed by atoms with Crippen LogP contribution in [0.2, 0.25) is 0 Å². The lowest BCUT2D eigenvalue weighted by Crippen LogP contribution is -2.30. The second kappa shape index (κ2) is 6.33. The SMILES string of the molecule is C=C(Cl)CS(=O)(=O)NC(C)c1nnnn1-c1ccccc1. The Bertz CT molecular complexity index is 729. The molecule has 1 aromatic heterocycles. The molecule has 0 aliphatic heterocycles. The third-order valence-corrected chi connectivity index (χ3v) is 4.32. The Morgan fingerprint density at radius 3 is 2.71 bits per heavy atom. The van der Waals surface area contributed by atoms with Crippen molar-refractivity contribution in [1.29, 1.82) is 0 Å². The van der Waals surface area contributed by atoms with Crippen LogP contribution in [0.5, 0.6) is 0 Å². The van der Waals surface area contributed by atoms with Crippen molar-refractivity contribution in [2.24, 2.45) is 0 Å². The average Bonchev–Trinajstić information content (AvgIpc) is 2.86. The molecular formula is C12H14ClN5O2S. The van der Waals surface area contributed by atoms with Crippen molar-refractivity contribution in [2.45, 2.75) is 13.0 Å². The van der Waals surface area contributed by atoms with Gasteiger partial charge in [-0.15, -0.1) is 5.10 Å². The third-order valence-electron chi connectivity index (χ3n) is 2.58. The van der Waals surface area contributed by atoms with Crippen LogP contribution in [0.15, 0.2) is 41.9 Å². The van der Waals surface area contributed by atoms with E-state index in [1.165, 1.54) is 4.68 Å². The van der Waals surface area contributed by atoms with Gasteiger partial charge in [0, 0.05) is 5.03 Å². The van der Waals surface area contributed by atoms with E-state index in [4.69, 9.17) is 11.6 Å². The molecule has 0 radical (unpaired) electrons. The van der Waals surface area contributed by atoms with Crippen LogP contribution in [-0.4, -0.2) is 34.4 Å². The van der Waals surface area contributed by atoms with E-state index in [1.807, 2.05) is 30.3 Å². The van der Waals surface area contributed by atoms with Crippen LogP contribution in [0, 0.1) is 0 Å². The van der Waals surface area contributed by atoms with E-state index in [0.29, 0.717) is 5.82 Å². The van der Waals surface area contributed by atoms with Crippen LogP contribution in [-0.2, 0) is 10.0 Å². The number of hydrogen-bond donors (Lipinski definition) is 1. The number of rotatable bonds is 6. The van der Waals surface area contributed by atoms with Crippen LogP contribution < -0.4 is 4.72 Å². The first-order valence-corrected chi connectivity index (χ1v) is 8.09. The van der Waals surface area contributed by atoms with Gasteiger partial charge in [0.25, 0.3) is 0 Å². The molecule has 0 bridgehead atoms. The van der Waals surface area contributed by atoms with Crippen LogP contribution in [0.3, 0.4) is 0 Å². The maximum absolute atomic E-state index is 11.9. The molecule has 7 nitrogen and oxygen atoms in total. The summed E-state index contributed by atoms with van der Waals surface area (Å²) in [7, 11) is -3.60. The molecule has 0 saturated heterocycles. The first-order valence-electron chi connectivity index (χ1n) is 6.06. The van der Waals surface area contributed by atoms with Gasteiger partial charge in [0.15, 0.2) is 5.82 Å². The fourth-order valence-electron chi connectivity index (χ4n) is 1.79. The summed E-state index contributed by atoms with van der Waals surface area (Å²) in [6.07, 6.45) is 0. The monoisotopic (exact) mass is 327 g/mol. The lowest BCUT2D eigenvalue weighted by Gasteiger charge is -2.13. The zero-order valence-corrected chi connectivity index (χ0v) is 12.8. The zero-order valence-electron chi connectivity index (χ0n) is 11.3. The first kappa shape index (κ1) is 15.6. The second-order valence-corrected chi connectivity index (χ2v) is 6.69. The van der Waals surface area contributed by atoms with E-state index in [-0.39, 0.29) is 10.8 Å². The Labute approximate surface area is 127 Å². The van der Waals surface area contributed by atoms with Crippen molar-refractivity contribution in [3.63, 3.8) is 0 Å². The largest absolute Gasteiger partial charge is 0.217 e. The van der Waals surface area contributed by atoms with Crippen LogP contribution in [0.1, 0.15) is 18.8 Å².